The van der Waals surface area contributed by atoms with Gasteiger partial charge < -0.3 is 14.5 Å². The van der Waals surface area contributed by atoms with E-state index in [0.717, 1.165) is 42.7 Å². The Morgan fingerprint density at radius 3 is 2.60 bits per heavy atom. The fraction of sp³-hybridized carbons (Fsp3) is 0.333. The van der Waals surface area contributed by atoms with Crippen LogP contribution in [-0.4, -0.2) is 43.9 Å². The van der Waals surface area contributed by atoms with Gasteiger partial charge in [0.1, 0.15) is 5.82 Å². The van der Waals surface area contributed by atoms with Crippen molar-refractivity contribution in [1.29, 1.82) is 0 Å². The van der Waals surface area contributed by atoms with Crippen molar-refractivity contribution in [2.45, 2.75) is 6.92 Å². The second-order valence-electron chi connectivity index (χ2n) is 5.70. The lowest BCUT2D eigenvalue weighted by Gasteiger charge is -2.36. The highest BCUT2D eigenvalue weighted by Crippen LogP contribution is 2.22. The molecular formula is C18H21ClN4O2. The van der Waals surface area contributed by atoms with E-state index in [1.54, 1.807) is 13.1 Å². The molecular weight excluding hydrogens is 340 g/mol. The van der Waals surface area contributed by atoms with Gasteiger partial charge in [-0.3, -0.25) is 5.32 Å². The van der Waals surface area contributed by atoms with Crippen LogP contribution in [0.25, 0.3) is 0 Å². The van der Waals surface area contributed by atoms with E-state index in [1.807, 2.05) is 30.3 Å². The number of rotatable bonds is 4. The smallest absolute Gasteiger partial charge is 0.411 e. The summed E-state index contributed by atoms with van der Waals surface area (Å²) in [6.07, 6.45) is 1.18. The van der Waals surface area contributed by atoms with Gasteiger partial charge in [-0.1, -0.05) is 17.7 Å². The van der Waals surface area contributed by atoms with Crippen LogP contribution in [0, 0.1) is 0 Å². The van der Waals surface area contributed by atoms with Gasteiger partial charge in [0.25, 0.3) is 0 Å². The average Bonchev–Trinajstić information content (AvgIpc) is 2.63. The molecule has 1 aromatic heterocycles. The second kappa shape index (κ2) is 8.07. The van der Waals surface area contributed by atoms with Crippen molar-refractivity contribution in [3.63, 3.8) is 0 Å². The largest absolute Gasteiger partial charge is 0.450 e. The highest BCUT2D eigenvalue weighted by molar-refractivity contribution is 6.30. The normalized spacial score (nSPS) is 14.3. The van der Waals surface area contributed by atoms with Gasteiger partial charge in [-0.25, -0.2) is 9.78 Å². The zero-order chi connectivity index (χ0) is 17.6. The van der Waals surface area contributed by atoms with Crippen molar-refractivity contribution in [3.05, 3.63) is 47.6 Å². The highest BCUT2D eigenvalue weighted by Gasteiger charge is 2.18. The number of carbonyl (C=O) groups excluding carboxylic acids is 1. The monoisotopic (exact) mass is 360 g/mol. The van der Waals surface area contributed by atoms with Crippen molar-refractivity contribution < 1.29 is 9.53 Å². The summed E-state index contributed by atoms with van der Waals surface area (Å²) < 4.78 is 4.85. The first kappa shape index (κ1) is 17.4. The van der Waals surface area contributed by atoms with Gasteiger partial charge >= 0.3 is 6.09 Å². The van der Waals surface area contributed by atoms with Gasteiger partial charge in [0.2, 0.25) is 0 Å². The number of halogens is 1. The molecule has 1 amide bonds. The number of anilines is 3. The molecule has 3 rings (SSSR count). The summed E-state index contributed by atoms with van der Waals surface area (Å²) in [6, 6.07) is 11.7. The molecule has 0 aliphatic carbocycles. The number of nitrogens with zero attached hydrogens (tertiary/aromatic N) is 3. The van der Waals surface area contributed by atoms with E-state index in [1.165, 1.54) is 0 Å². The van der Waals surface area contributed by atoms with Crippen molar-refractivity contribution in [1.82, 2.24) is 4.98 Å². The molecule has 7 heteroatoms. The Bertz CT molecular complexity index is 715. The van der Waals surface area contributed by atoms with Gasteiger partial charge in [0.15, 0.2) is 0 Å². The summed E-state index contributed by atoms with van der Waals surface area (Å²) in [6.45, 7) is 5.68. The van der Waals surface area contributed by atoms with E-state index >= 15 is 0 Å². The Balaban J connectivity index is 1.56. The topological polar surface area (TPSA) is 57.7 Å². The van der Waals surface area contributed by atoms with Crippen molar-refractivity contribution in [2.75, 3.05) is 47.9 Å². The standard InChI is InChI=1S/C18H21ClN4O2/c1-2-25-18(24)21-15-6-7-17(20-13-15)23-10-8-22(9-11-23)16-5-3-4-14(19)12-16/h3-7,12-13H,2,8-11H2,1H3,(H,21,24). The minimum atomic E-state index is -0.466. The summed E-state index contributed by atoms with van der Waals surface area (Å²) in [7, 11) is 0. The van der Waals surface area contributed by atoms with E-state index in [2.05, 4.69) is 26.2 Å². The Morgan fingerprint density at radius 1 is 1.20 bits per heavy atom. The molecule has 132 valence electrons. The quantitative estimate of drug-likeness (QED) is 0.902. The maximum absolute atomic E-state index is 11.4. The summed E-state index contributed by atoms with van der Waals surface area (Å²) in [5.41, 5.74) is 1.77. The van der Waals surface area contributed by atoms with Crippen LogP contribution in [-0.2, 0) is 4.74 Å². The maximum atomic E-state index is 11.4. The lowest BCUT2D eigenvalue weighted by molar-refractivity contribution is 0.168. The molecule has 25 heavy (non-hydrogen) atoms. The van der Waals surface area contributed by atoms with Gasteiger partial charge in [-0.15, -0.1) is 0 Å². The van der Waals surface area contributed by atoms with Crippen LogP contribution in [0.15, 0.2) is 42.6 Å². The van der Waals surface area contributed by atoms with Gasteiger partial charge in [-0.2, -0.15) is 0 Å². The third-order valence-corrected chi connectivity index (χ3v) is 4.28. The van der Waals surface area contributed by atoms with E-state index in [-0.39, 0.29) is 0 Å². The predicted molar refractivity (Wildman–Crippen MR) is 101 cm³/mol. The summed E-state index contributed by atoms with van der Waals surface area (Å²) in [5.74, 6) is 0.903. The minimum absolute atomic E-state index is 0.342. The number of ether oxygens (including phenoxy) is 1. The van der Waals surface area contributed by atoms with E-state index in [0.29, 0.717) is 12.3 Å². The number of pyridine rings is 1. The SMILES string of the molecule is CCOC(=O)Nc1ccc(N2CCN(c3cccc(Cl)c3)CC2)nc1. The third-order valence-electron chi connectivity index (χ3n) is 4.05. The van der Waals surface area contributed by atoms with Crippen molar-refractivity contribution in [3.8, 4) is 0 Å². The second-order valence-corrected chi connectivity index (χ2v) is 6.14. The molecule has 6 nitrogen and oxygen atoms in total. The Hall–Kier alpha value is -2.47. The van der Waals surface area contributed by atoms with E-state index < -0.39 is 6.09 Å². The Kier molecular flexibility index (Phi) is 5.60. The molecule has 0 unspecified atom stereocenters. The molecule has 0 bridgehead atoms. The zero-order valence-electron chi connectivity index (χ0n) is 14.1. The summed E-state index contributed by atoms with van der Waals surface area (Å²) >= 11 is 6.07. The minimum Gasteiger partial charge on any atom is -0.450 e. The van der Waals surface area contributed by atoms with Gasteiger partial charge in [0.05, 0.1) is 18.5 Å². The number of benzene rings is 1. The van der Waals surface area contributed by atoms with Crippen molar-refractivity contribution in [2.24, 2.45) is 0 Å². The Labute approximate surface area is 152 Å². The van der Waals surface area contributed by atoms with Gasteiger partial charge in [0, 0.05) is 36.9 Å². The van der Waals surface area contributed by atoms with Crippen molar-refractivity contribution >= 4 is 34.9 Å². The van der Waals surface area contributed by atoms with Crippen LogP contribution in [0.4, 0.5) is 22.0 Å². The number of hydrogen-bond acceptors (Lipinski definition) is 5. The lowest BCUT2D eigenvalue weighted by Crippen LogP contribution is -2.46. The summed E-state index contributed by atoms with van der Waals surface area (Å²) in [4.78, 5) is 20.4. The molecule has 0 saturated carbocycles. The molecule has 1 aromatic carbocycles. The molecule has 1 aliphatic heterocycles. The predicted octanol–water partition coefficient (Wildman–Crippen LogP) is 3.63. The molecule has 0 radical (unpaired) electrons. The fourth-order valence-corrected chi connectivity index (χ4v) is 2.98. The number of hydrogen-bond donors (Lipinski definition) is 1. The fourth-order valence-electron chi connectivity index (χ4n) is 2.80. The number of nitrogens with one attached hydrogen (secondary N) is 1. The molecule has 1 aliphatic rings. The molecule has 0 atom stereocenters. The number of carbonyl (C=O) groups is 1. The lowest BCUT2D eigenvalue weighted by atomic mass is 10.2. The highest BCUT2D eigenvalue weighted by atomic mass is 35.5. The van der Waals surface area contributed by atoms with E-state index in [9.17, 15) is 4.79 Å². The summed E-state index contributed by atoms with van der Waals surface area (Å²) in [5, 5.41) is 3.40. The molecule has 2 aromatic rings. The molecule has 1 fully saturated rings. The third kappa shape index (κ3) is 4.54. The van der Waals surface area contributed by atoms with Crippen LogP contribution in [0.1, 0.15) is 6.92 Å². The average molecular weight is 361 g/mol. The number of piperazine rings is 1. The van der Waals surface area contributed by atoms with Crippen LogP contribution >= 0.6 is 11.6 Å². The van der Waals surface area contributed by atoms with Crippen LogP contribution in [0.3, 0.4) is 0 Å². The molecule has 1 N–H and O–H groups in total. The molecule has 1 saturated heterocycles. The molecule has 2 heterocycles. The first-order chi connectivity index (χ1) is 12.2. The van der Waals surface area contributed by atoms with Crippen LogP contribution in [0.2, 0.25) is 5.02 Å². The van der Waals surface area contributed by atoms with E-state index in [4.69, 9.17) is 16.3 Å². The first-order valence-corrected chi connectivity index (χ1v) is 8.69. The Morgan fingerprint density at radius 2 is 1.96 bits per heavy atom. The first-order valence-electron chi connectivity index (χ1n) is 8.31. The zero-order valence-corrected chi connectivity index (χ0v) is 14.9. The molecule has 0 spiro atoms. The van der Waals surface area contributed by atoms with Crippen LogP contribution < -0.4 is 15.1 Å². The van der Waals surface area contributed by atoms with Gasteiger partial charge in [-0.05, 0) is 37.3 Å². The van der Waals surface area contributed by atoms with Crippen LogP contribution in [0.5, 0.6) is 0 Å². The maximum Gasteiger partial charge on any atom is 0.411 e. The number of aromatic nitrogens is 1. The number of amides is 1.